The van der Waals surface area contributed by atoms with E-state index in [1.54, 1.807) is 6.92 Å². The number of benzene rings is 1. The van der Waals surface area contributed by atoms with Crippen LogP contribution in [0.4, 0.5) is 4.39 Å². The Morgan fingerprint density at radius 2 is 2.24 bits per heavy atom. The van der Waals surface area contributed by atoms with Gasteiger partial charge in [0, 0.05) is 11.1 Å². The van der Waals surface area contributed by atoms with Gasteiger partial charge in [-0.05, 0) is 31.5 Å². The highest BCUT2D eigenvalue weighted by atomic mass is 19.1. The summed E-state index contributed by atoms with van der Waals surface area (Å²) in [6.45, 7) is 3.19. The molecule has 0 aromatic heterocycles. The lowest BCUT2D eigenvalue weighted by Crippen LogP contribution is -2.17. The molecular weight excluding hydrogens is 227 g/mol. The third kappa shape index (κ3) is 2.88. The van der Waals surface area contributed by atoms with Crippen LogP contribution in [0, 0.1) is 12.7 Å². The number of aliphatic hydroxyl groups is 1. The van der Waals surface area contributed by atoms with Crippen molar-refractivity contribution in [1.29, 1.82) is 0 Å². The van der Waals surface area contributed by atoms with Gasteiger partial charge in [0.15, 0.2) is 12.4 Å². The molecule has 1 N–H and O–H groups in total. The minimum absolute atomic E-state index is 0.0531. The highest BCUT2D eigenvalue weighted by molar-refractivity contribution is 5.84. The first kappa shape index (κ1) is 13.3. The van der Waals surface area contributed by atoms with Gasteiger partial charge in [0.2, 0.25) is 0 Å². The number of aliphatic hydroxyl groups excluding tert-OH is 1. The molecular formula is C12H13FO4. The zero-order valence-corrected chi connectivity index (χ0v) is 9.57. The van der Waals surface area contributed by atoms with E-state index in [9.17, 15) is 19.1 Å². The number of ether oxygens (including phenoxy) is 1. The number of carbonyl (C=O) groups is 2. The van der Waals surface area contributed by atoms with E-state index in [4.69, 9.17) is 0 Å². The molecule has 0 heterocycles. The average Bonchev–Trinajstić information content (AvgIpc) is 2.31. The highest BCUT2D eigenvalue weighted by Crippen LogP contribution is 2.22. The summed E-state index contributed by atoms with van der Waals surface area (Å²) in [5.74, 6) is -1.42. The van der Waals surface area contributed by atoms with Gasteiger partial charge in [0.05, 0.1) is 6.61 Å². The minimum atomic E-state index is -1.57. The predicted octanol–water partition coefficient (Wildman–Crippen LogP) is 1.54. The number of hydrogen-bond acceptors (Lipinski definition) is 4. The van der Waals surface area contributed by atoms with Crippen molar-refractivity contribution in [3.05, 3.63) is 34.6 Å². The first-order valence-corrected chi connectivity index (χ1v) is 5.11. The van der Waals surface area contributed by atoms with Crippen molar-refractivity contribution in [1.82, 2.24) is 0 Å². The molecule has 4 nitrogen and oxygen atoms in total. The maximum absolute atomic E-state index is 13.2. The second kappa shape index (κ2) is 5.54. The van der Waals surface area contributed by atoms with Crippen LogP contribution in [-0.2, 0) is 9.53 Å². The summed E-state index contributed by atoms with van der Waals surface area (Å²) >= 11 is 0. The van der Waals surface area contributed by atoms with Crippen molar-refractivity contribution in [2.75, 3.05) is 6.61 Å². The topological polar surface area (TPSA) is 63.6 Å². The normalized spacial score (nSPS) is 12.0. The van der Waals surface area contributed by atoms with Crippen molar-refractivity contribution < 1.29 is 23.8 Å². The molecule has 92 valence electrons. The number of halogens is 1. The van der Waals surface area contributed by atoms with Crippen molar-refractivity contribution >= 4 is 12.3 Å². The van der Waals surface area contributed by atoms with Crippen LogP contribution in [0.5, 0.6) is 0 Å². The summed E-state index contributed by atoms with van der Waals surface area (Å²) < 4.78 is 17.8. The molecule has 1 atom stereocenters. The SMILES string of the molecule is CCOC(=O)C(O)c1cc(C)c(F)cc1C=O. The van der Waals surface area contributed by atoms with Crippen LogP contribution in [0.2, 0.25) is 0 Å². The molecule has 17 heavy (non-hydrogen) atoms. The highest BCUT2D eigenvalue weighted by Gasteiger charge is 2.22. The van der Waals surface area contributed by atoms with Crippen LogP contribution in [0.3, 0.4) is 0 Å². The summed E-state index contributed by atoms with van der Waals surface area (Å²) in [6.07, 6.45) is -1.19. The standard InChI is InChI=1S/C12H13FO4/c1-3-17-12(16)11(15)9-4-7(2)10(13)5-8(9)6-14/h4-6,11,15H,3H2,1-2H3. The Hall–Kier alpha value is -1.75. The van der Waals surface area contributed by atoms with Crippen LogP contribution < -0.4 is 0 Å². The van der Waals surface area contributed by atoms with E-state index in [-0.39, 0.29) is 23.3 Å². The van der Waals surface area contributed by atoms with Gasteiger partial charge in [-0.1, -0.05) is 0 Å². The van der Waals surface area contributed by atoms with Crippen LogP contribution in [-0.4, -0.2) is 24.0 Å². The lowest BCUT2D eigenvalue weighted by Gasteiger charge is -2.13. The van der Waals surface area contributed by atoms with Gasteiger partial charge in [0.25, 0.3) is 0 Å². The van der Waals surface area contributed by atoms with Gasteiger partial charge in [0.1, 0.15) is 5.82 Å². The zero-order chi connectivity index (χ0) is 13.0. The number of aldehydes is 1. The minimum Gasteiger partial charge on any atom is -0.464 e. The van der Waals surface area contributed by atoms with Gasteiger partial charge >= 0.3 is 5.97 Å². The van der Waals surface area contributed by atoms with E-state index < -0.39 is 17.9 Å². The molecule has 0 saturated carbocycles. The second-order valence-electron chi connectivity index (χ2n) is 3.50. The maximum Gasteiger partial charge on any atom is 0.339 e. The molecule has 1 aromatic rings. The first-order valence-electron chi connectivity index (χ1n) is 5.11. The molecule has 5 heteroatoms. The number of esters is 1. The van der Waals surface area contributed by atoms with Gasteiger partial charge in [-0.3, -0.25) is 4.79 Å². The quantitative estimate of drug-likeness (QED) is 0.640. The molecule has 0 spiro atoms. The van der Waals surface area contributed by atoms with E-state index in [2.05, 4.69) is 4.74 Å². The van der Waals surface area contributed by atoms with E-state index in [0.29, 0.717) is 6.29 Å². The Balaban J connectivity index is 3.16. The van der Waals surface area contributed by atoms with E-state index in [1.807, 2.05) is 0 Å². The maximum atomic E-state index is 13.2. The molecule has 1 rings (SSSR count). The molecule has 0 aliphatic carbocycles. The fourth-order valence-corrected chi connectivity index (χ4v) is 1.41. The molecule has 0 amide bonds. The van der Waals surface area contributed by atoms with Crippen molar-refractivity contribution in [3.8, 4) is 0 Å². The Kier molecular flexibility index (Phi) is 4.34. The number of hydrogen-bond donors (Lipinski definition) is 1. The van der Waals surface area contributed by atoms with E-state index in [0.717, 1.165) is 6.07 Å². The summed E-state index contributed by atoms with van der Waals surface area (Å²) in [7, 11) is 0. The fraction of sp³-hybridized carbons (Fsp3) is 0.333. The van der Waals surface area contributed by atoms with Crippen LogP contribution in [0.15, 0.2) is 12.1 Å². The summed E-state index contributed by atoms with van der Waals surface area (Å²) in [4.78, 5) is 22.1. The van der Waals surface area contributed by atoms with Crippen molar-refractivity contribution in [3.63, 3.8) is 0 Å². The number of rotatable bonds is 4. The summed E-state index contributed by atoms with van der Waals surface area (Å²) in [5, 5.41) is 9.69. The lowest BCUT2D eigenvalue weighted by atomic mass is 10.00. The van der Waals surface area contributed by atoms with Gasteiger partial charge in [-0.2, -0.15) is 0 Å². The molecule has 0 aliphatic heterocycles. The van der Waals surface area contributed by atoms with Gasteiger partial charge in [-0.25, -0.2) is 9.18 Å². The smallest absolute Gasteiger partial charge is 0.339 e. The molecule has 0 aliphatic rings. The Labute approximate surface area is 98.0 Å². The first-order chi connectivity index (χ1) is 8.01. The monoisotopic (exact) mass is 240 g/mol. The molecule has 0 saturated heterocycles. The third-order valence-corrected chi connectivity index (χ3v) is 2.30. The number of aryl methyl sites for hydroxylation is 1. The van der Waals surface area contributed by atoms with Gasteiger partial charge < -0.3 is 9.84 Å². The Morgan fingerprint density at radius 1 is 1.59 bits per heavy atom. The molecule has 0 radical (unpaired) electrons. The average molecular weight is 240 g/mol. The third-order valence-electron chi connectivity index (χ3n) is 2.30. The van der Waals surface area contributed by atoms with E-state index >= 15 is 0 Å². The zero-order valence-electron chi connectivity index (χ0n) is 9.57. The van der Waals surface area contributed by atoms with Crippen molar-refractivity contribution in [2.24, 2.45) is 0 Å². The van der Waals surface area contributed by atoms with Crippen molar-refractivity contribution in [2.45, 2.75) is 20.0 Å². The summed E-state index contributed by atoms with van der Waals surface area (Å²) in [5.41, 5.74) is 0.236. The number of carbonyl (C=O) groups excluding carboxylic acids is 2. The predicted molar refractivity (Wildman–Crippen MR) is 58.1 cm³/mol. The largest absolute Gasteiger partial charge is 0.464 e. The molecule has 0 bridgehead atoms. The molecule has 1 unspecified atom stereocenters. The van der Waals surface area contributed by atoms with Crippen LogP contribution in [0.25, 0.3) is 0 Å². The lowest BCUT2D eigenvalue weighted by molar-refractivity contribution is -0.153. The van der Waals surface area contributed by atoms with Crippen LogP contribution >= 0.6 is 0 Å². The Morgan fingerprint density at radius 3 is 2.76 bits per heavy atom. The summed E-state index contributed by atoms with van der Waals surface area (Å²) in [6, 6.07) is 2.25. The molecule has 0 fully saturated rings. The van der Waals surface area contributed by atoms with E-state index in [1.165, 1.54) is 13.0 Å². The fourth-order valence-electron chi connectivity index (χ4n) is 1.41. The Bertz CT molecular complexity index is 442. The van der Waals surface area contributed by atoms with Gasteiger partial charge in [-0.15, -0.1) is 0 Å². The van der Waals surface area contributed by atoms with Crippen LogP contribution in [0.1, 0.15) is 34.5 Å². The second-order valence-corrected chi connectivity index (χ2v) is 3.50. The molecule has 1 aromatic carbocycles.